The van der Waals surface area contributed by atoms with Crippen molar-refractivity contribution in [3.63, 3.8) is 0 Å². The van der Waals surface area contributed by atoms with E-state index in [0.29, 0.717) is 5.92 Å². The maximum atomic E-state index is 11.0. The molecule has 1 aromatic heterocycles. The Morgan fingerprint density at radius 1 is 1.35 bits per heavy atom. The molecule has 88 valence electrons. The van der Waals surface area contributed by atoms with Gasteiger partial charge in [-0.2, -0.15) is 0 Å². The molecule has 1 aliphatic carbocycles. The van der Waals surface area contributed by atoms with E-state index < -0.39 is 5.97 Å². The summed E-state index contributed by atoms with van der Waals surface area (Å²) < 4.78 is 1.30. The molecule has 0 radical (unpaired) electrons. The molecular formula is C14H14O2S. The third-order valence-corrected chi connectivity index (χ3v) is 4.79. The number of carboxylic acids is 1. The molecule has 17 heavy (non-hydrogen) atoms. The molecule has 3 heteroatoms. The van der Waals surface area contributed by atoms with Crippen LogP contribution in [-0.4, -0.2) is 11.1 Å². The van der Waals surface area contributed by atoms with E-state index in [0.717, 1.165) is 19.3 Å². The molecule has 1 fully saturated rings. The van der Waals surface area contributed by atoms with Crippen LogP contribution in [0.15, 0.2) is 29.6 Å². The van der Waals surface area contributed by atoms with Gasteiger partial charge in [0.15, 0.2) is 0 Å². The quantitative estimate of drug-likeness (QED) is 0.899. The van der Waals surface area contributed by atoms with Crippen molar-refractivity contribution in [2.75, 3.05) is 0 Å². The zero-order chi connectivity index (χ0) is 11.8. The monoisotopic (exact) mass is 246 g/mol. The molecule has 1 aromatic carbocycles. The van der Waals surface area contributed by atoms with Crippen LogP contribution in [0.1, 0.15) is 18.4 Å². The molecule has 2 unspecified atom stereocenters. The minimum atomic E-state index is -0.624. The SMILES string of the molecule is O=C(O)C1CCC1Cc1csc2ccccc12. The minimum absolute atomic E-state index is 0.117. The predicted molar refractivity (Wildman–Crippen MR) is 69.4 cm³/mol. The largest absolute Gasteiger partial charge is 0.481 e. The van der Waals surface area contributed by atoms with Crippen LogP contribution in [0.3, 0.4) is 0 Å². The van der Waals surface area contributed by atoms with Crippen molar-refractivity contribution in [3.05, 3.63) is 35.2 Å². The van der Waals surface area contributed by atoms with Crippen LogP contribution in [0.5, 0.6) is 0 Å². The molecule has 0 bridgehead atoms. The van der Waals surface area contributed by atoms with E-state index in [2.05, 4.69) is 17.5 Å². The van der Waals surface area contributed by atoms with E-state index in [9.17, 15) is 4.79 Å². The van der Waals surface area contributed by atoms with Crippen molar-refractivity contribution in [3.8, 4) is 0 Å². The fraction of sp³-hybridized carbons (Fsp3) is 0.357. The van der Waals surface area contributed by atoms with E-state index in [1.165, 1.54) is 15.6 Å². The summed E-state index contributed by atoms with van der Waals surface area (Å²) in [4.78, 5) is 11.0. The lowest BCUT2D eigenvalue weighted by Crippen LogP contribution is -2.34. The van der Waals surface area contributed by atoms with Gasteiger partial charge in [-0.25, -0.2) is 0 Å². The molecule has 2 atom stereocenters. The maximum absolute atomic E-state index is 11.0. The number of thiophene rings is 1. The Hall–Kier alpha value is -1.35. The molecular weight excluding hydrogens is 232 g/mol. The van der Waals surface area contributed by atoms with Gasteiger partial charge in [0, 0.05) is 4.70 Å². The Bertz CT molecular complexity index is 558. The lowest BCUT2D eigenvalue weighted by Gasteiger charge is -2.33. The van der Waals surface area contributed by atoms with Gasteiger partial charge in [-0.3, -0.25) is 4.79 Å². The second-order valence-electron chi connectivity index (χ2n) is 4.74. The summed E-state index contributed by atoms with van der Waals surface area (Å²) in [7, 11) is 0. The number of benzene rings is 1. The van der Waals surface area contributed by atoms with Gasteiger partial charge in [-0.05, 0) is 47.6 Å². The number of hydrogen-bond acceptors (Lipinski definition) is 2. The fourth-order valence-electron chi connectivity index (χ4n) is 2.61. The van der Waals surface area contributed by atoms with Crippen LogP contribution in [0.4, 0.5) is 0 Å². The minimum Gasteiger partial charge on any atom is -0.481 e. The molecule has 3 rings (SSSR count). The predicted octanol–water partition coefficient (Wildman–Crippen LogP) is 3.55. The van der Waals surface area contributed by atoms with Crippen molar-refractivity contribution < 1.29 is 9.90 Å². The van der Waals surface area contributed by atoms with E-state index in [4.69, 9.17) is 5.11 Å². The molecule has 0 aliphatic heterocycles. The van der Waals surface area contributed by atoms with Crippen molar-refractivity contribution in [2.45, 2.75) is 19.3 Å². The van der Waals surface area contributed by atoms with Crippen LogP contribution in [-0.2, 0) is 11.2 Å². The van der Waals surface area contributed by atoms with Gasteiger partial charge in [-0.1, -0.05) is 18.2 Å². The van der Waals surface area contributed by atoms with Crippen LogP contribution < -0.4 is 0 Å². The average Bonchev–Trinajstić information content (AvgIpc) is 2.67. The van der Waals surface area contributed by atoms with Crippen LogP contribution in [0, 0.1) is 11.8 Å². The van der Waals surface area contributed by atoms with Gasteiger partial charge in [-0.15, -0.1) is 11.3 Å². The third kappa shape index (κ3) is 1.84. The Balaban J connectivity index is 1.83. The van der Waals surface area contributed by atoms with Crippen molar-refractivity contribution in [1.29, 1.82) is 0 Å². The summed E-state index contributed by atoms with van der Waals surface area (Å²) in [6, 6.07) is 8.36. The molecule has 1 saturated carbocycles. The van der Waals surface area contributed by atoms with Gasteiger partial charge in [0.05, 0.1) is 5.92 Å². The number of hydrogen-bond donors (Lipinski definition) is 1. The molecule has 1 N–H and O–H groups in total. The summed E-state index contributed by atoms with van der Waals surface area (Å²) in [6.45, 7) is 0. The highest BCUT2D eigenvalue weighted by Crippen LogP contribution is 2.39. The number of rotatable bonds is 3. The van der Waals surface area contributed by atoms with Gasteiger partial charge >= 0.3 is 5.97 Å². The van der Waals surface area contributed by atoms with Gasteiger partial charge in [0.1, 0.15) is 0 Å². The summed E-state index contributed by atoms with van der Waals surface area (Å²) in [5, 5.41) is 12.5. The van der Waals surface area contributed by atoms with Crippen LogP contribution in [0.2, 0.25) is 0 Å². The van der Waals surface area contributed by atoms with Gasteiger partial charge in [0.25, 0.3) is 0 Å². The lowest BCUT2D eigenvalue weighted by molar-refractivity contribution is -0.147. The van der Waals surface area contributed by atoms with Crippen molar-refractivity contribution in [1.82, 2.24) is 0 Å². The van der Waals surface area contributed by atoms with E-state index >= 15 is 0 Å². The standard InChI is InChI=1S/C14H14O2S/c15-14(16)12-6-5-9(12)7-10-8-17-13-4-2-1-3-11(10)13/h1-4,8-9,12H,5-7H2,(H,15,16). The van der Waals surface area contributed by atoms with Gasteiger partial charge < -0.3 is 5.11 Å². The molecule has 2 aromatic rings. The second kappa shape index (κ2) is 4.15. The smallest absolute Gasteiger partial charge is 0.306 e. The highest BCUT2D eigenvalue weighted by Gasteiger charge is 2.36. The first-order valence-corrected chi connectivity index (χ1v) is 6.81. The van der Waals surface area contributed by atoms with Crippen molar-refractivity contribution in [2.24, 2.45) is 11.8 Å². The lowest BCUT2D eigenvalue weighted by atomic mass is 9.71. The number of carbonyl (C=O) groups is 1. The third-order valence-electron chi connectivity index (χ3n) is 3.78. The Labute approximate surface area is 104 Å². The Morgan fingerprint density at radius 3 is 2.88 bits per heavy atom. The molecule has 1 heterocycles. The maximum Gasteiger partial charge on any atom is 0.306 e. The normalized spacial score (nSPS) is 23.5. The zero-order valence-corrected chi connectivity index (χ0v) is 10.2. The first-order chi connectivity index (χ1) is 8.25. The Morgan fingerprint density at radius 2 is 2.18 bits per heavy atom. The second-order valence-corrected chi connectivity index (χ2v) is 5.65. The van der Waals surface area contributed by atoms with E-state index in [1.54, 1.807) is 11.3 Å². The number of carboxylic acid groups (broad SMARTS) is 1. The van der Waals surface area contributed by atoms with Crippen LogP contribution >= 0.6 is 11.3 Å². The molecule has 1 aliphatic rings. The molecule has 0 saturated heterocycles. The summed E-state index contributed by atoms with van der Waals surface area (Å²) >= 11 is 1.75. The van der Waals surface area contributed by atoms with Crippen LogP contribution in [0.25, 0.3) is 10.1 Å². The highest BCUT2D eigenvalue weighted by atomic mass is 32.1. The zero-order valence-electron chi connectivity index (χ0n) is 9.43. The van der Waals surface area contributed by atoms with E-state index in [-0.39, 0.29) is 5.92 Å². The van der Waals surface area contributed by atoms with Crippen molar-refractivity contribution >= 4 is 27.4 Å². The fourth-order valence-corrected chi connectivity index (χ4v) is 3.59. The van der Waals surface area contributed by atoms with E-state index in [1.807, 2.05) is 12.1 Å². The number of fused-ring (bicyclic) bond motifs is 1. The summed E-state index contributed by atoms with van der Waals surface area (Å²) in [5.74, 6) is -0.403. The number of aliphatic carboxylic acids is 1. The highest BCUT2D eigenvalue weighted by molar-refractivity contribution is 7.17. The Kier molecular flexibility index (Phi) is 2.63. The molecule has 0 spiro atoms. The molecule has 0 amide bonds. The summed E-state index contributed by atoms with van der Waals surface area (Å²) in [5.41, 5.74) is 1.32. The summed E-state index contributed by atoms with van der Waals surface area (Å²) in [6.07, 6.45) is 2.82. The molecule has 2 nitrogen and oxygen atoms in total. The van der Waals surface area contributed by atoms with Gasteiger partial charge in [0.2, 0.25) is 0 Å². The first kappa shape index (κ1) is 10.8. The topological polar surface area (TPSA) is 37.3 Å². The first-order valence-electron chi connectivity index (χ1n) is 5.93. The average molecular weight is 246 g/mol.